The van der Waals surface area contributed by atoms with Crippen molar-refractivity contribution in [2.24, 2.45) is 0 Å². The molecule has 0 aliphatic rings. The van der Waals surface area contributed by atoms with E-state index in [0.717, 1.165) is 0 Å². The third-order valence-corrected chi connectivity index (χ3v) is 1.97. The SMILES string of the molecule is COCOc1c(F)cc(Br)cc1OC. The molecule has 0 unspecified atom stereocenters. The Morgan fingerprint density at radius 1 is 1.36 bits per heavy atom. The summed E-state index contributed by atoms with van der Waals surface area (Å²) in [7, 11) is 2.91. The van der Waals surface area contributed by atoms with E-state index in [9.17, 15) is 4.39 Å². The first-order valence-corrected chi connectivity index (χ1v) is 4.63. The van der Waals surface area contributed by atoms with Crippen LogP contribution in [0.25, 0.3) is 0 Å². The maximum atomic E-state index is 13.3. The minimum atomic E-state index is -0.492. The van der Waals surface area contributed by atoms with E-state index in [1.807, 2.05) is 0 Å². The molecule has 0 atom stereocenters. The van der Waals surface area contributed by atoms with E-state index in [0.29, 0.717) is 10.2 Å². The van der Waals surface area contributed by atoms with E-state index in [1.165, 1.54) is 20.3 Å². The normalized spacial score (nSPS) is 10.0. The number of hydrogen-bond acceptors (Lipinski definition) is 3. The number of halogens is 2. The first-order valence-electron chi connectivity index (χ1n) is 3.83. The molecule has 0 radical (unpaired) electrons. The molecule has 0 heterocycles. The van der Waals surface area contributed by atoms with Crippen LogP contribution in [0.15, 0.2) is 16.6 Å². The summed E-state index contributed by atoms with van der Waals surface area (Å²) in [5, 5.41) is 0. The van der Waals surface area contributed by atoms with Crippen LogP contribution >= 0.6 is 15.9 Å². The lowest BCUT2D eigenvalue weighted by Gasteiger charge is -2.10. The molecule has 0 spiro atoms. The van der Waals surface area contributed by atoms with Gasteiger partial charge in [0.2, 0.25) is 0 Å². The maximum Gasteiger partial charge on any atom is 0.200 e. The van der Waals surface area contributed by atoms with Crippen LogP contribution in [0, 0.1) is 5.82 Å². The van der Waals surface area contributed by atoms with Crippen molar-refractivity contribution in [3.05, 3.63) is 22.4 Å². The van der Waals surface area contributed by atoms with Crippen LogP contribution in [0.5, 0.6) is 11.5 Å². The Morgan fingerprint density at radius 3 is 2.64 bits per heavy atom. The van der Waals surface area contributed by atoms with Gasteiger partial charge >= 0.3 is 0 Å². The Kier molecular flexibility index (Phi) is 4.16. The van der Waals surface area contributed by atoms with Crippen molar-refractivity contribution in [1.29, 1.82) is 0 Å². The van der Waals surface area contributed by atoms with Gasteiger partial charge in [0.05, 0.1) is 7.11 Å². The summed E-state index contributed by atoms with van der Waals surface area (Å²) < 4.78 is 28.6. The van der Waals surface area contributed by atoms with Crippen LogP contribution in [-0.4, -0.2) is 21.0 Å². The fraction of sp³-hybridized carbons (Fsp3) is 0.333. The molecule has 0 aliphatic heterocycles. The maximum absolute atomic E-state index is 13.3. The van der Waals surface area contributed by atoms with Crippen LogP contribution in [-0.2, 0) is 4.74 Å². The summed E-state index contributed by atoms with van der Waals surface area (Å²) >= 11 is 3.15. The molecule has 1 rings (SSSR count). The predicted molar refractivity (Wildman–Crippen MR) is 53.2 cm³/mol. The van der Waals surface area contributed by atoms with Crippen LogP contribution in [0.3, 0.4) is 0 Å². The molecule has 14 heavy (non-hydrogen) atoms. The monoisotopic (exact) mass is 264 g/mol. The zero-order valence-electron chi connectivity index (χ0n) is 7.84. The Balaban J connectivity index is 2.99. The third-order valence-electron chi connectivity index (χ3n) is 1.52. The largest absolute Gasteiger partial charge is 0.493 e. The van der Waals surface area contributed by atoms with E-state index in [1.54, 1.807) is 6.07 Å². The van der Waals surface area contributed by atoms with E-state index >= 15 is 0 Å². The van der Waals surface area contributed by atoms with Crippen LogP contribution < -0.4 is 9.47 Å². The van der Waals surface area contributed by atoms with Gasteiger partial charge in [-0.3, -0.25) is 0 Å². The number of benzene rings is 1. The fourth-order valence-electron chi connectivity index (χ4n) is 0.946. The molecule has 78 valence electrons. The lowest BCUT2D eigenvalue weighted by molar-refractivity contribution is 0.0462. The predicted octanol–water partition coefficient (Wildman–Crippen LogP) is 2.58. The second kappa shape index (κ2) is 5.17. The first-order chi connectivity index (χ1) is 6.69. The average Bonchev–Trinajstić information content (AvgIpc) is 2.15. The number of hydrogen-bond donors (Lipinski definition) is 0. The highest BCUT2D eigenvalue weighted by atomic mass is 79.9. The second-order valence-electron chi connectivity index (χ2n) is 2.47. The summed E-state index contributed by atoms with van der Waals surface area (Å²) in [5.41, 5.74) is 0. The topological polar surface area (TPSA) is 27.7 Å². The summed E-state index contributed by atoms with van der Waals surface area (Å²) in [4.78, 5) is 0. The highest BCUT2D eigenvalue weighted by Gasteiger charge is 2.12. The summed E-state index contributed by atoms with van der Waals surface area (Å²) in [6.07, 6.45) is 0. The Hall–Kier alpha value is -0.810. The summed E-state index contributed by atoms with van der Waals surface area (Å²) in [6.45, 7) is -0.0189. The van der Waals surface area contributed by atoms with Crippen LogP contribution in [0.2, 0.25) is 0 Å². The van der Waals surface area contributed by atoms with E-state index in [2.05, 4.69) is 20.7 Å². The molecule has 3 nitrogen and oxygen atoms in total. The van der Waals surface area contributed by atoms with Gasteiger partial charge in [-0.05, 0) is 12.1 Å². The molecule has 0 fully saturated rings. The average molecular weight is 265 g/mol. The van der Waals surface area contributed by atoms with Gasteiger partial charge < -0.3 is 14.2 Å². The summed E-state index contributed by atoms with van der Waals surface area (Å²) in [6, 6.07) is 2.92. The minimum Gasteiger partial charge on any atom is -0.493 e. The fourth-order valence-corrected chi connectivity index (χ4v) is 1.36. The van der Waals surface area contributed by atoms with Gasteiger partial charge in [-0.25, -0.2) is 4.39 Å². The highest BCUT2D eigenvalue weighted by molar-refractivity contribution is 9.10. The van der Waals surface area contributed by atoms with Gasteiger partial charge in [0.25, 0.3) is 0 Å². The van der Waals surface area contributed by atoms with Gasteiger partial charge in [-0.15, -0.1) is 0 Å². The van der Waals surface area contributed by atoms with Crippen molar-refractivity contribution in [2.45, 2.75) is 0 Å². The Morgan fingerprint density at radius 2 is 2.07 bits per heavy atom. The Bertz CT molecular complexity index is 317. The van der Waals surface area contributed by atoms with Gasteiger partial charge in [0.15, 0.2) is 24.1 Å². The molecule has 0 aromatic heterocycles. The molecular formula is C9H10BrFO3. The molecule has 0 amide bonds. The lowest BCUT2D eigenvalue weighted by atomic mass is 10.3. The Labute approximate surface area is 89.9 Å². The van der Waals surface area contributed by atoms with Crippen molar-refractivity contribution >= 4 is 15.9 Å². The van der Waals surface area contributed by atoms with Gasteiger partial charge in [-0.1, -0.05) is 15.9 Å². The minimum absolute atomic E-state index is 0.0189. The number of rotatable bonds is 4. The molecule has 0 aliphatic carbocycles. The van der Waals surface area contributed by atoms with E-state index in [-0.39, 0.29) is 12.5 Å². The van der Waals surface area contributed by atoms with Crippen molar-refractivity contribution < 1.29 is 18.6 Å². The van der Waals surface area contributed by atoms with Crippen molar-refractivity contribution in [2.75, 3.05) is 21.0 Å². The smallest absolute Gasteiger partial charge is 0.200 e. The quantitative estimate of drug-likeness (QED) is 0.783. The molecule has 1 aromatic carbocycles. The molecule has 5 heteroatoms. The van der Waals surface area contributed by atoms with Gasteiger partial charge in [-0.2, -0.15) is 0 Å². The molecule has 0 saturated carbocycles. The van der Waals surface area contributed by atoms with Crippen LogP contribution in [0.1, 0.15) is 0 Å². The van der Waals surface area contributed by atoms with Gasteiger partial charge in [0, 0.05) is 11.6 Å². The number of ether oxygens (including phenoxy) is 3. The summed E-state index contributed by atoms with van der Waals surface area (Å²) in [5.74, 6) is -0.111. The van der Waals surface area contributed by atoms with E-state index in [4.69, 9.17) is 9.47 Å². The van der Waals surface area contributed by atoms with E-state index < -0.39 is 5.82 Å². The molecule has 0 saturated heterocycles. The van der Waals surface area contributed by atoms with Crippen LogP contribution in [0.4, 0.5) is 4.39 Å². The zero-order chi connectivity index (χ0) is 10.6. The van der Waals surface area contributed by atoms with Crippen molar-refractivity contribution in [1.82, 2.24) is 0 Å². The lowest BCUT2D eigenvalue weighted by Crippen LogP contribution is -2.02. The molecule has 1 aromatic rings. The standard InChI is InChI=1S/C9H10BrFO3/c1-12-5-14-9-7(11)3-6(10)4-8(9)13-2/h3-4H,5H2,1-2H3. The van der Waals surface area contributed by atoms with Crippen molar-refractivity contribution in [3.8, 4) is 11.5 Å². The molecule has 0 N–H and O–H groups in total. The molecule has 0 bridgehead atoms. The second-order valence-corrected chi connectivity index (χ2v) is 3.39. The molecular weight excluding hydrogens is 255 g/mol. The highest BCUT2D eigenvalue weighted by Crippen LogP contribution is 2.33. The number of methoxy groups -OCH3 is 2. The van der Waals surface area contributed by atoms with Gasteiger partial charge in [0.1, 0.15) is 0 Å². The third kappa shape index (κ3) is 2.59. The zero-order valence-corrected chi connectivity index (χ0v) is 9.43. The first kappa shape index (κ1) is 11.3. The van der Waals surface area contributed by atoms with Crippen molar-refractivity contribution in [3.63, 3.8) is 0 Å².